The number of likely N-dealkylation sites (tertiary alicyclic amines) is 1. The Kier molecular flexibility index (Phi) is 7.14. The van der Waals surface area contributed by atoms with Crippen molar-refractivity contribution in [2.45, 2.75) is 70.4 Å². The summed E-state index contributed by atoms with van der Waals surface area (Å²) in [5.41, 5.74) is 0. The molecule has 4 heteroatoms. The first kappa shape index (κ1) is 16.9. The molecule has 1 saturated heterocycles. The number of nitrogens with zero attached hydrogens (tertiary/aromatic N) is 1. The molecule has 1 N–H and O–H groups in total. The molecule has 1 saturated carbocycles. The van der Waals surface area contributed by atoms with Crippen LogP contribution in [0.1, 0.15) is 58.3 Å². The van der Waals surface area contributed by atoms with Crippen LogP contribution in [-0.2, 0) is 9.53 Å². The fourth-order valence-electron chi connectivity index (χ4n) is 3.74. The minimum atomic E-state index is -0.432. The predicted molar refractivity (Wildman–Crippen MR) is 83.3 cm³/mol. The Labute approximate surface area is 128 Å². The van der Waals surface area contributed by atoms with Crippen molar-refractivity contribution in [3.63, 3.8) is 0 Å². The average molecular weight is 297 g/mol. The van der Waals surface area contributed by atoms with E-state index in [1.54, 1.807) is 0 Å². The highest BCUT2D eigenvalue weighted by Crippen LogP contribution is 2.32. The quantitative estimate of drug-likeness (QED) is 0.699. The van der Waals surface area contributed by atoms with E-state index in [0.717, 1.165) is 51.7 Å². The topological polar surface area (TPSA) is 49.8 Å². The molecule has 1 aliphatic carbocycles. The van der Waals surface area contributed by atoms with E-state index in [9.17, 15) is 9.90 Å². The second-order valence-electron chi connectivity index (χ2n) is 6.61. The molecule has 0 aromatic heterocycles. The molecule has 0 bridgehead atoms. The first-order chi connectivity index (χ1) is 10.2. The van der Waals surface area contributed by atoms with Crippen LogP contribution in [0.25, 0.3) is 0 Å². The maximum absolute atomic E-state index is 12.0. The van der Waals surface area contributed by atoms with Crippen LogP contribution in [0.3, 0.4) is 0 Å². The summed E-state index contributed by atoms with van der Waals surface area (Å²) >= 11 is 0. The molecule has 0 spiro atoms. The second kappa shape index (κ2) is 8.86. The van der Waals surface area contributed by atoms with Gasteiger partial charge in [-0.25, -0.2) is 0 Å². The van der Waals surface area contributed by atoms with Crippen molar-refractivity contribution < 1.29 is 14.6 Å². The number of β-amino-alcohol motifs (C(OH)–C–C–N with tert-alkyl or cyclic N) is 1. The molecule has 2 fully saturated rings. The third kappa shape index (κ3) is 5.04. The zero-order chi connectivity index (χ0) is 15.1. The summed E-state index contributed by atoms with van der Waals surface area (Å²) in [4.78, 5) is 14.4. The van der Waals surface area contributed by atoms with Gasteiger partial charge in [0.2, 0.25) is 0 Å². The lowest BCUT2D eigenvalue weighted by molar-refractivity contribution is -0.123. The number of rotatable bonds is 8. The monoisotopic (exact) mass is 297 g/mol. The maximum Gasteiger partial charge on any atom is 0.137 e. The first-order valence-electron chi connectivity index (χ1n) is 8.75. The highest BCUT2D eigenvalue weighted by atomic mass is 16.5. The lowest BCUT2D eigenvalue weighted by Crippen LogP contribution is -2.49. The number of hydrogen-bond donors (Lipinski definition) is 1. The Morgan fingerprint density at radius 1 is 1.33 bits per heavy atom. The van der Waals surface area contributed by atoms with E-state index in [1.807, 2.05) is 0 Å². The van der Waals surface area contributed by atoms with Gasteiger partial charge in [-0.15, -0.1) is 0 Å². The van der Waals surface area contributed by atoms with Crippen LogP contribution < -0.4 is 0 Å². The minimum absolute atomic E-state index is 0.221. The molecule has 3 atom stereocenters. The van der Waals surface area contributed by atoms with Crippen molar-refractivity contribution in [3.05, 3.63) is 0 Å². The van der Waals surface area contributed by atoms with Crippen LogP contribution in [0.4, 0.5) is 0 Å². The van der Waals surface area contributed by atoms with E-state index in [0.29, 0.717) is 25.0 Å². The van der Waals surface area contributed by atoms with Crippen molar-refractivity contribution in [2.75, 3.05) is 26.3 Å². The van der Waals surface area contributed by atoms with Gasteiger partial charge >= 0.3 is 0 Å². The Morgan fingerprint density at radius 2 is 2.19 bits per heavy atom. The number of ketones is 1. The van der Waals surface area contributed by atoms with Gasteiger partial charge in [-0.2, -0.15) is 0 Å². The minimum Gasteiger partial charge on any atom is -0.389 e. The highest BCUT2D eigenvalue weighted by Gasteiger charge is 2.37. The molecule has 1 aliphatic heterocycles. The molecule has 2 rings (SSSR count). The highest BCUT2D eigenvalue weighted by molar-refractivity contribution is 5.83. The molecule has 2 aliphatic rings. The van der Waals surface area contributed by atoms with Gasteiger partial charge in [0, 0.05) is 31.5 Å². The number of aliphatic hydroxyl groups excluding tert-OH is 1. The summed E-state index contributed by atoms with van der Waals surface area (Å²) < 4.78 is 5.52. The zero-order valence-electron chi connectivity index (χ0n) is 13.4. The first-order valence-corrected chi connectivity index (χ1v) is 8.75. The van der Waals surface area contributed by atoms with E-state index in [-0.39, 0.29) is 5.92 Å². The molecule has 0 aromatic rings. The number of piperidine rings is 1. The van der Waals surface area contributed by atoms with Crippen molar-refractivity contribution >= 4 is 5.78 Å². The zero-order valence-corrected chi connectivity index (χ0v) is 13.4. The lowest BCUT2D eigenvalue weighted by atomic mass is 9.88. The number of carbonyl (C=O) groups excluding carboxylic acids is 1. The Hall–Kier alpha value is -0.450. The van der Waals surface area contributed by atoms with Gasteiger partial charge < -0.3 is 9.84 Å². The van der Waals surface area contributed by atoms with E-state index in [4.69, 9.17) is 4.74 Å². The van der Waals surface area contributed by atoms with E-state index < -0.39 is 6.10 Å². The van der Waals surface area contributed by atoms with Gasteiger partial charge in [0.05, 0.1) is 12.7 Å². The second-order valence-corrected chi connectivity index (χ2v) is 6.61. The molecule has 1 heterocycles. The molecule has 21 heavy (non-hydrogen) atoms. The normalized spacial score (nSPS) is 29.0. The van der Waals surface area contributed by atoms with E-state index >= 15 is 0 Å². The van der Waals surface area contributed by atoms with Crippen LogP contribution >= 0.6 is 0 Å². The molecule has 122 valence electrons. The number of carbonyl (C=O) groups is 1. The number of Topliss-reactive ketones (excluding diaryl/α,β-unsaturated/α-hetero) is 1. The molecule has 0 aromatic carbocycles. The number of unbranched alkanes of at least 4 members (excludes halogenated alkanes) is 1. The molecule has 0 radical (unpaired) electrons. The fraction of sp³-hybridized carbons (Fsp3) is 0.941. The molecule has 4 nitrogen and oxygen atoms in total. The van der Waals surface area contributed by atoms with Crippen LogP contribution in [-0.4, -0.2) is 54.2 Å². The standard InChI is InChI=1S/C17H31NO3/c1-2-3-11-21-13-14(19)12-18-10-5-4-8-16(18)15-7-6-9-17(15)20/h14-16,19H,2-13H2,1H3. The Balaban J connectivity index is 1.79. The van der Waals surface area contributed by atoms with Crippen LogP contribution in [0.15, 0.2) is 0 Å². The third-order valence-electron chi connectivity index (χ3n) is 4.88. The van der Waals surface area contributed by atoms with Crippen LogP contribution in [0.5, 0.6) is 0 Å². The van der Waals surface area contributed by atoms with E-state index in [1.165, 1.54) is 12.8 Å². The van der Waals surface area contributed by atoms with Crippen molar-refractivity contribution in [1.82, 2.24) is 4.90 Å². The molecular weight excluding hydrogens is 266 g/mol. The number of aliphatic hydroxyl groups is 1. The van der Waals surface area contributed by atoms with Gasteiger partial charge in [0.1, 0.15) is 5.78 Å². The number of hydrogen-bond acceptors (Lipinski definition) is 4. The summed E-state index contributed by atoms with van der Waals surface area (Å²) in [5.74, 6) is 0.666. The molecular formula is C17H31NO3. The average Bonchev–Trinajstić information content (AvgIpc) is 2.90. The summed E-state index contributed by atoms with van der Waals surface area (Å²) in [6, 6.07) is 0.360. The summed E-state index contributed by atoms with van der Waals surface area (Å²) in [6.07, 6.45) is 8.11. The summed E-state index contributed by atoms with van der Waals surface area (Å²) in [6.45, 7) is 4.96. The molecule has 3 unspecified atom stereocenters. The Morgan fingerprint density at radius 3 is 2.90 bits per heavy atom. The predicted octanol–water partition coefficient (Wildman–Crippen LogP) is 2.39. The van der Waals surface area contributed by atoms with Crippen LogP contribution in [0, 0.1) is 5.92 Å². The number of ether oxygens (including phenoxy) is 1. The lowest BCUT2D eigenvalue weighted by Gasteiger charge is -2.39. The summed E-state index contributed by atoms with van der Waals surface area (Å²) in [5, 5.41) is 10.2. The SMILES string of the molecule is CCCCOCC(O)CN1CCCCC1C1CCCC1=O. The third-order valence-corrected chi connectivity index (χ3v) is 4.88. The van der Waals surface area contributed by atoms with Crippen molar-refractivity contribution in [2.24, 2.45) is 5.92 Å². The van der Waals surface area contributed by atoms with Gasteiger partial charge in [-0.05, 0) is 38.6 Å². The van der Waals surface area contributed by atoms with Gasteiger partial charge in [-0.1, -0.05) is 19.8 Å². The molecule has 0 amide bonds. The van der Waals surface area contributed by atoms with Gasteiger partial charge in [0.25, 0.3) is 0 Å². The van der Waals surface area contributed by atoms with Crippen molar-refractivity contribution in [3.8, 4) is 0 Å². The van der Waals surface area contributed by atoms with Crippen LogP contribution in [0.2, 0.25) is 0 Å². The summed E-state index contributed by atoms with van der Waals surface area (Å²) in [7, 11) is 0. The largest absolute Gasteiger partial charge is 0.389 e. The smallest absolute Gasteiger partial charge is 0.137 e. The Bertz CT molecular complexity index is 321. The van der Waals surface area contributed by atoms with E-state index in [2.05, 4.69) is 11.8 Å². The van der Waals surface area contributed by atoms with Gasteiger partial charge in [-0.3, -0.25) is 9.69 Å². The van der Waals surface area contributed by atoms with Gasteiger partial charge in [0.15, 0.2) is 0 Å². The fourth-order valence-corrected chi connectivity index (χ4v) is 3.74. The van der Waals surface area contributed by atoms with Crippen molar-refractivity contribution in [1.29, 1.82) is 0 Å². The maximum atomic E-state index is 12.0.